The van der Waals surface area contributed by atoms with Gasteiger partial charge in [-0.15, -0.1) is 9.24 Å². The van der Waals surface area contributed by atoms with Crippen LogP contribution in [0, 0.1) is 0 Å². The van der Waals surface area contributed by atoms with Crippen LogP contribution in [0.3, 0.4) is 0 Å². The highest BCUT2D eigenvalue weighted by Gasteiger charge is 1.98. The minimum absolute atomic E-state index is 0.304. The number of hydrogen-bond acceptors (Lipinski definition) is 5. The molecule has 0 heterocycles. The van der Waals surface area contributed by atoms with Crippen molar-refractivity contribution < 1.29 is 4.74 Å². The molecule has 1 unspecified atom stereocenters. The molecule has 0 saturated carbocycles. The molecule has 2 rings (SSSR count). The van der Waals surface area contributed by atoms with E-state index in [2.05, 4.69) is 57.9 Å². The largest absolute Gasteiger partial charge is 0.487 e. The molecule has 0 aliphatic carbocycles. The molecule has 0 spiro atoms. The summed E-state index contributed by atoms with van der Waals surface area (Å²) in [7, 11) is 2.63. The molecule has 5 nitrogen and oxygen atoms in total. The van der Waals surface area contributed by atoms with E-state index in [1.165, 1.54) is 0 Å². The highest BCUT2D eigenvalue weighted by atomic mass is 31.0. The quantitative estimate of drug-likeness (QED) is 0.232. The van der Waals surface area contributed by atoms with Crippen LogP contribution in [0.25, 0.3) is 12.2 Å². The van der Waals surface area contributed by atoms with Gasteiger partial charge in [0.05, 0.1) is 5.70 Å². The van der Waals surface area contributed by atoms with E-state index in [9.17, 15) is 0 Å². The predicted molar refractivity (Wildman–Crippen MR) is 124 cm³/mol. The SMILES string of the molecule is CCCNc1ccc(/C=C/c2ccc(OC/C(N)=C/N(N)CCP)cc2)cc1. The Morgan fingerprint density at radius 1 is 1.07 bits per heavy atom. The van der Waals surface area contributed by atoms with Crippen molar-refractivity contribution in [3.63, 3.8) is 0 Å². The van der Waals surface area contributed by atoms with Crippen molar-refractivity contribution >= 4 is 27.1 Å². The highest BCUT2D eigenvalue weighted by molar-refractivity contribution is 7.16. The zero-order chi connectivity index (χ0) is 20.2. The van der Waals surface area contributed by atoms with Crippen LogP contribution < -0.4 is 21.6 Å². The molecule has 0 saturated heterocycles. The maximum atomic E-state index is 5.92. The minimum atomic E-state index is 0.304. The number of hydrazine groups is 1. The monoisotopic (exact) mass is 398 g/mol. The number of nitrogens with zero attached hydrogens (tertiary/aromatic N) is 1. The highest BCUT2D eigenvalue weighted by Crippen LogP contribution is 2.16. The number of nitrogens with one attached hydrogen (secondary N) is 1. The molecule has 150 valence electrons. The van der Waals surface area contributed by atoms with Crippen LogP contribution >= 0.6 is 9.24 Å². The number of rotatable bonds is 11. The molecule has 0 bridgehead atoms. The summed E-state index contributed by atoms with van der Waals surface area (Å²) in [5, 5.41) is 4.94. The zero-order valence-corrected chi connectivity index (χ0v) is 17.6. The van der Waals surface area contributed by atoms with Gasteiger partial charge in [-0.25, -0.2) is 5.84 Å². The third-order valence-corrected chi connectivity index (χ3v) is 4.22. The molecule has 0 aromatic heterocycles. The molecule has 0 aliphatic heterocycles. The lowest BCUT2D eigenvalue weighted by atomic mass is 10.1. The van der Waals surface area contributed by atoms with E-state index in [1.807, 2.05) is 24.3 Å². The Morgan fingerprint density at radius 3 is 2.25 bits per heavy atom. The van der Waals surface area contributed by atoms with Gasteiger partial charge >= 0.3 is 0 Å². The van der Waals surface area contributed by atoms with Gasteiger partial charge in [-0.2, -0.15) is 0 Å². The first-order valence-corrected chi connectivity index (χ1v) is 10.3. The Bertz CT molecular complexity index is 757. The predicted octanol–water partition coefficient (Wildman–Crippen LogP) is 3.91. The number of ether oxygens (including phenoxy) is 1. The van der Waals surface area contributed by atoms with Crippen molar-refractivity contribution in [2.24, 2.45) is 11.6 Å². The number of hydrogen-bond donors (Lipinski definition) is 3. The first-order chi connectivity index (χ1) is 13.6. The standard InChI is InChI=1S/C22H31N4OP/c1-2-13-25-21-9-5-18(6-10-21)3-4-19-7-11-22(12-8-19)27-17-20(23)16-26(24)14-15-28/h3-12,16,25H,2,13-15,17,23-24,28H2,1H3/b4-3+,20-16-. The van der Waals surface area contributed by atoms with Crippen LogP contribution in [0.4, 0.5) is 5.69 Å². The summed E-state index contributed by atoms with van der Waals surface area (Å²) in [6, 6.07) is 16.3. The average Bonchev–Trinajstić information content (AvgIpc) is 2.71. The van der Waals surface area contributed by atoms with E-state index in [4.69, 9.17) is 16.3 Å². The first kappa shape index (κ1) is 21.8. The second-order valence-corrected chi connectivity index (χ2v) is 7.05. The molecule has 1 atom stereocenters. The maximum Gasteiger partial charge on any atom is 0.129 e. The van der Waals surface area contributed by atoms with Crippen molar-refractivity contribution in [2.45, 2.75) is 13.3 Å². The van der Waals surface area contributed by atoms with E-state index in [0.717, 1.165) is 48.2 Å². The smallest absolute Gasteiger partial charge is 0.129 e. The molecule has 28 heavy (non-hydrogen) atoms. The summed E-state index contributed by atoms with van der Waals surface area (Å²) in [6.45, 7) is 4.18. The Balaban J connectivity index is 1.85. The third-order valence-electron chi connectivity index (χ3n) is 3.96. The fourth-order valence-corrected chi connectivity index (χ4v) is 2.78. The van der Waals surface area contributed by atoms with Crippen LogP contribution in [0.5, 0.6) is 5.75 Å². The van der Waals surface area contributed by atoms with Gasteiger partial charge in [0.2, 0.25) is 0 Å². The van der Waals surface area contributed by atoms with Crippen molar-refractivity contribution in [1.82, 2.24) is 5.01 Å². The molecule has 0 aliphatic rings. The van der Waals surface area contributed by atoms with E-state index in [-0.39, 0.29) is 0 Å². The number of nitrogens with two attached hydrogens (primary N) is 2. The Labute approximate surface area is 170 Å². The van der Waals surface area contributed by atoms with Gasteiger partial charge in [-0.1, -0.05) is 43.3 Å². The third kappa shape index (κ3) is 8.03. The molecule has 0 radical (unpaired) electrons. The maximum absolute atomic E-state index is 5.92. The topological polar surface area (TPSA) is 76.5 Å². The second-order valence-electron chi connectivity index (χ2n) is 6.47. The minimum Gasteiger partial charge on any atom is -0.487 e. The van der Waals surface area contributed by atoms with Gasteiger partial charge in [0.15, 0.2) is 0 Å². The molecule has 5 N–H and O–H groups in total. The number of benzene rings is 2. The fraction of sp³-hybridized carbons (Fsp3) is 0.273. The first-order valence-electron chi connectivity index (χ1n) is 9.53. The van der Waals surface area contributed by atoms with E-state index in [0.29, 0.717) is 12.3 Å². The molecule has 0 amide bonds. The normalized spacial score (nSPS) is 11.6. The van der Waals surface area contributed by atoms with E-state index in [1.54, 1.807) is 11.2 Å². The molecule has 2 aromatic carbocycles. The van der Waals surface area contributed by atoms with Gasteiger partial charge in [-0.3, -0.25) is 0 Å². The van der Waals surface area contributed by atoms with Gasteiger partial charge in [0.25, 0.3) is 0 Å². The Morgan fingerprint density at radius 2 is 1.68 bits per heavy atom. The van der Waals surface area contributed by atoms with E-state index < -0.39 is 0 Å². The van der Waals surface area contributed by atoms with Crippen molar-refractivity contribution in [2.75, 3.05) is 31.2 Å². The average molecular weight is 398 g/mol. The second kappa shape index (κ2) is 12.1. The van der Waals surface area contributed by atoms with Crippen molar-refractivity contribution in [1.29, 1.82) is 0 Å². The van der Waals surface area contributed by atoms with Gasteiger partial charge in [0, 0.05) is 25.0 Å². The van der Waals surface area contributed by atoms with Gasteiger partial charge < -0.3 is 20.8 Å². The summed E-state index contributed by atoms with van der Waals surface area (Å²) in [6.07, 6.45) is 7.89. The Kier molecular flexibility index (Phi) is 9.40. The summed E-state index contributed by atoms with van der Waals surface area (Å²) < 4.78 is 5.70. The molecular formula is C22H31N4OP. The Hall–Kier alpha value is -2.49. The van der Waals surface area contributed by atoms with Crippen LogP contribution in [-0.4, -0.2) is 30.9 Å². The van der Waals surface area contributed by atoms with Gasteiger partial charge in [0.1, 0.15) is 12.4 Å². The fourth-order valence-electron chi connectivity index (χ4n) is 2.48. The molecule has 2 aromatic rings. The van der Waals surface area contributed by atoms with Crippen molar-refractivity contribution in [3.8, 4) is 5.75 Å². The van der Waals surface area contributed by atoms with Gasteiger partial charge in [-0.05, 0) is 48.0 Å². The summed E-state index contributed by atoms with van der Waals surface area (Å²) >= 11 is 0. The lowest BCUT2D eigenvalue weighted by Crippen LogP contribution is -2.29. The lowest BCUT2D eigenvalue weighted by molar-refractivity contribution is 0.341. The van der Waals surface area contributed by atoms with Crippen LogP contribution in [0.1, 0.15) is 24.5 Å². The van der Waals surface area contributed by atoms with Crippen LogP contribution in [0.2, 0.25) is 0 Å². The molecule has 6 heteroatoms. The lowest BCUT2D eigenvalue weighted by Gasteiger charge is -2.14. The van der Waals surface area contributed by atoms with Crippen molar-refractivity contribution in [3.05, 3.63) is 71.6 Å². The molecular weight excluding hydrogens is 367 g/mol. The van der Waals surface area contributed by atoms with E-state index >= 15 is 0 Å². The number of anilines is 1. The summed E-state index contributed by atoms with van der Waals surface area (Å²) in [5.74, 6) is 6.55. The van der Waals surface area contributed by atoms with Crippen LogP contribution in [0.15, 0.2) is 60.4 Å². The molecule has 0 fully saturated rings. The van der Waals surface area contributed by atoms with Crippen LogP contribution in [-0.2, 0) is 0 Å². The zero-order valence-electron chi connectivity index (χ0n) is 16.5. The summed E-state index contributed by atoms with van der Waals surface area (Å²) in [5.41, 5.74) is 9.93. The summed E-state index contributed by atoms with van der Waals surface area (Å²) in [4.78, 5) is 0.